The van der Waals surface area contributed by atoms with Gasteiger partial charge in [-0.1, -0.05) is 83.5 Å². The maximum absolute atomic E-state index is 13.2. The molecule has 30 heavy (non-hydrogen) atoms. The van der Waals surface area contributed by atoms with Gasteiger partial charge < -0.3 is 13.9 Å². The third-order valence-electron chi connectivity index (χ3n) is 4.11. The van der Waals surface area contributed by atoms with Crippen LogP contribution in [0.4, 0.5) is 0 Å². The molecule has 0 aliphatic carbocycles. The fraction of sp³-hybridized carbons (Fsp3) is 0. The third-order valence-corrected chi connectivity index (χ3v) is 5.23. The van der Waals surface area contributed by atoms with Crippen LogP contribution < -0.4 is 13.9 Å². The van der Waals surface area contributed by atoms with Crippen molar-refractivity contribution < 1.29 is 23.2 Å². The van der Waals surface area contributed by atoms with Crippen molar-refractivity contribution in [3.05, 3.63) is 115 Å². The number of rotatable bonds is 8. The first kappa shape index (κ1) is 19.8. The Morgan fingerprint density at radius 3 is 1.40 bits per heavy atom. The van der Waals surface area contributed by atoms with Gasteiger partial charge in [0.15, 0.2) is 5.75 Å². The normalized spacial score (nSPS) is 10.9. The lowest BCUT2D eigenvalue weighted by Gasteiger charge is -2.18. The number of para-hydroxylation sites is 2. The Bertz CT molecular complexity index is 1060. The molecule has 6 heteroatoms. The first-order valence-electron chi connectivity index (χ1n) is 9.31. The molecule has 0 aromatic heterocycles. The lowest BCUT2D eigenvalue weighted by atomic mass is 10.1. The summed E-state index contributed by atoms with van der Waals surface area (Å²) in [5.41, 5.74) is 2.10. The molecule has 0 spiro atoms. The minimum absolute atomic E-state index is 0.333. The molecule has 0 radical (unpaired) electrons. The second-order valence-corrected chi connectivity index (χ2v) is 7.71. The molecular weight excluding hydrogens is 399 g/mol. The molecule has 4 aromatic carbocycles. The molecule has 0 N–H and O–H groups in total. The third kappa shape index (κ3) is 5.29. The molecule has 0 unspecified atom stereocenters. The standard InChI is InChI=1S/C24H19O5P/c25-30(27-23-12-6-2-7-13-23,28-24-14-8-3-9-15-24)29-26-22-18-16-21(17-19-22)20-10-4-1-5-11-20/h1-19H. The van der Waals surface area contributed by atoms with Crippen LogP contribution in [0.15, 0.2) is 115 Å². The first-order chi connectivity index (χ1) is 14.7. The predicted molar refractivity (Wildman–Crippen MR) is 115 cm³/mol. The van der Waals surface area contributed by atoms with E-state index in [1.807, 2.05) is 54.6 Å². The molecule has 0 amide bonds. The number of phosphoric acid groups is 1. The highest BCUT2D eigenvalue weighted by molar-refractivity contribution is 7.49. The molecule has 4 aromatic rings. The molecule has 4 rings (SSSR count). The van der Waals surface area contributed by atoms with Crippen LogP contribution in [0.25, 0.3) is 11.1 Å². The average Bonchev–Trinajstić information content (AvgIpc) is 2.80. The average molecular weight is 418 g/mol. The second kappa shape index (κ2) is 9.31. The van der Waals surface area contributed by atoms with Crippen molar-refractivity contribution in [1.29, 1.82) is 0 Å². The summed E-state index contributed by atoms with van der Waals surface area (Å²) in [6.07, 6.45) is 0. The maximum Gasteiger partial charge on any atom is 0.625 e. The summed E-state index contributed by atoms with van der Waals surface area (Å²) in [5, 5.41) is 0. The van der Waals surface area contributed by atoms with Gasteiger partial charge in [-0.3, -0.25) is 0 Å². The highest BCUT2D eigenvalue weighted by Crippen LogP contribution is 2.49. The second-order valence-electron chi connectivity index (χ2n) is 6.30. The largest absolute Gasteiger partial charge is 0.625 e. The number of hydrogen-bond acceptors (Lipinski definition) is 5. The summed E-state index contributed by atoms with van der Waals surface area (Å²) in [6, 6.07) is 34.4. The van der Waals surface area contributed by atoms with Crippen LogP contribution in [0.5, 0.6) is 17.2 Å². The van der Waals surface area contributed by atoms with Crippen LogP contribution in [0.3, 0.4) is 0 Å². The van der Waals surface area contributed by atoms with Gasteiger partial charge in [0, 0.05) is 0 Å². The minimum atomic E-state index is -4.12. The fourth-order valence-corrected chi connectivity index (χ4v) is 3.73. The summed E-state index contributed by atoms with van der Waals surface area (Å²) >= 11 is 0. The molecule has 5 nitrogen and oxygen atoms in total. The molecule has 0 heterocycles. The van der Waals surface area contributed by atoms with Crippen LogP contribution in [-0.4, -0.2) is 0 Å². The van der Waals surface area contributed by atoms with Gasteiger partial charge in [-0.2, -0.15) is 0 Å². The zero-order valence-electron chi connectivity index (χ0n) is 16.0. The fourth-order valence-electron chi connectivity index (χ4n) is 2.69. The monoisotopic (exact) mass is 418 g/mol. The Morgan fingerprint density at radius 1 is 0.467 bits per heavy atom. The van der Waals surface area contributed by atoms with Gasteiger partial charge in [0.25, 0.3) is 0 Å². The van der Waals surface area contributed by atoms with E-state index in [2.05, 4.69) is 0 Å². The summed E-state index contributed by atoms with van der Waals surface area (Å²) in [5.74, 6) is 1.03. The van der Waals surface area contributed by atoms with E-state index < -0.39 is 7.82 Å². The Morgan fingerprint density at radius 2 is 0.900 bits per heavy atom. The first-order valence-corrected chi connectivity index (χ1v) is 10.8. The van der Waals surface area contributed by atoms with Crippen LogP contribution in [0.2, 0.25) is 0 Å². The molecule has 0 aliphatic rings. The van der Waals surface area contributed by atoms with Crippen LogP contribution in [-0.2, 0) is 9.24 Å². The smallest absolute Gasteiger partial charge is 0.393 e. The van der Waals surface area contributed by atoms with E-state index >= 15 is 0 Å². The van der Waals surface area contributed by atoms with E-state index in [9.17, 15) is 4.57 Å². The lowest BCUT2D eigenvalue weighted by molar-refractivity contribution is -0.119. The molecule has 0 bridgehead atoms. The minimum Gasteiger partial charge on any atom is -0.393 e. The summed E-state index contributed by atoms with van der Waals surface area (Å²) < 4.78 is 29.4. The Hall–Kier alpha value is -3.53. The molecule has 0 fully saturated rings. The van der Waals surface area contributed by atoms with Gasteiger partial charge in [0.05, 0.1) is 0 Å². The van der Waals surface area contributed by atoms with E-state index in [0.29, 0.717) is 17.2 Å². The molecule has 0 atom stereocenters. The Balaban J connectivity index is 1.49. The highest BCUT2D eigenvalue weighted by Gasteiger charge is 2.33. The van der Waals surface area contributed by atoms with E-state index in [0.717, 1.165) is 11.1 Å². The lowest BCUT2D eigenvalue weighted by Crippen LogP contribution is -2.07. The van der Waals surface area contributed by atoms with Crippen molar-refractivity contribution in [3.8, 4) is 28.4 Å². The highest BCUT2D eigenvalue weighted by atomic mass is 31.2. The number of hydrogen-bond donors (Lipinski definition) is 0. The van der Waals surface area contributed by atoms with Gasteiger partial charge in [-0.15, -0.1) is 0 Å². The van der Waals surface area contributed by atoms with E-state index in [1.54, 1.807) is 60.7 Å². The van der Waals surface area contributed by atoms with E-state index in [4.69, 9.17) is 18.6 Å². The number of benzene rings is 4. The quantitative estimate of drug-likeness (QED) is 0.176. The zero-order valence-corrected chi connectivity index (χ0v) is 16.9. The van der Waals surface area contributed by atoms with Gasteiger partial charge in [0.2, 0.25) is 0 Å². The van der Waals surface area contributed by atoms with Crippen molar-refractivity contribution in [2.45, 2.75) is 0 Å². The number of phosphoric ester groups is 1. The van der Waals surface area contributed by atoms with Gasteiger partial charge >= 0.3 is 7.82 Å². The van der Waals surface area contributed by atoms with Gasteiger partial charge in [-0.25, -0.2) is 4.57 Å². The Labute approximate surface area is 175 Å². The predicted octanol–water partition coefficient (Wildman–Crippen LogP) is 6.93. The van der Waals surface area contributed by atoms with Gasteiger partial charge in [-0.05, 0) is 47.5 Å². The summed E-state index contributed by atoms with van der Waals surface area (Å²) in [4.78, 5) is 5.29. The molecular formula is C24H19O5P. The van der Waals surface area contributed by atoms with E-state index in [-0.39, 0.29) is 0 Å². The Kier molecular flexibility index (Phi) is 6.14. The summed E-state index contributed by atoms with van der Waals surface area (Å²) in [7, 11) is -4.12. The van der Waals surface area contributed by atoms with Crippen molar-refractivity contribution in [2.75, 3.05) is 0 Å². The van der Waals surface area contributed by atoms with Gasteiger partial charge in [0.1, 0.15) is 11.5 Å². The van der Waals surface area contributed by atoms with Crippen LogP contribution >= 0.6 is 7.82 Å². The molecule has 0 aliphatic heterocycles. The summed E-state index contributed by atoms with van der Waals surface area (Å²) in [6.45, 7) is 0. The van der Waals surface area contributed by atoms with Crippen molar-refractivity contribution in [1.82, 2.24) is 0 Å². The van der Waals surface area contributed by atoms with Crippen LogP contribution in [0.1, 0.15) is 0 Å². The van der Waals surface area contributed by atoms with E-state index in [1.165, 1.54) is 0 Å². The molecule has 150 valence electrons. The maximum atomic E-state index is 13.2. The van der Waals surface area contributed by atoms with Crippen LogP contribution in [0, 0.1) is 0 Å². The zero-order chi connectivity index (χ0) is 20.7. The van der Waals surface area contributed by atoms with Crippen molar-refractivity contribution in [3.63, 3.8) is 0 Å². The molecule has 0 saturated carbocycles. The SMILES string of the molecule is O=P(OOc1ccc(-c2ccccc2)cc1)(Oc1ccccc1)Oc1ccccc1. The molecule has 0 saturated heterocycles. The topological polar surface area (TPSA) is 54.0 Å². The van der Waals surface area contributed by atoms with Crippen molar-refractivity contribution >= 4 is 7.82 Å². The van der Waals surface area contributed by atoms with Crippen molar-refractivity contribution in [2.24, 2.45) is 0 Å².